The lowest BCUT2D eigenvalue weighted by atomic mass is 9.90. The molecule has 3 aromatic heterocycles. The summed E-state index contributed by atoms with van der Waals surface area (Å²) < 4.78 is 7.22. The van der Waals surface area contributed by atoms with Crippen molar-refractivity contribution in [2.75, 3.05) is 27.2 Å². The number of rotatable bonds is 6. The predicted octanol–water partition coefficient (Wildman–Crippen LogP) is 2.98. The molecule has 0 bridgehead atoms. The van der Waals surface area contributed by atoms with Crippen molar-refractivity contribution in [2.24, 2.45) is 0 Å². The Morgan fingerprint density at radius 2 is 1.97 bits per heavy atom. The van der Waals surface area contributed by atoms with Gasteiger partial charge in [-0.3, -0.25) is 4.79 Å². The molecule has 8 heteroatoms. The molecule has 0 spiro atoms. The summed E-state index contributed by atoms with van der Waals surface area (Å²) in [6.07, 6.45) is 6.85. The average molecular weight is 428 g/mol. The number of hydrogen-bond donors (Lipinski definition) is 1. The second-order valence-corrected chi connectivity index (χ2v) is 8.06. The standard InChI is InChI=1S/C24H24N6O2/c1-29(2)12-11-25-23(31)19-15-27-30(22(19)20-8-5-13-32-20)24-26-14-17-10-9-16-6-3-4-7-18(16)21(17)28-24/h3-8,13-15H,9-12H2,1-2H3,(H,25,31). The van der Waals surface area contributed by atoms with E-state index in [0.29, 0.717) is 29.5 Å². The van der Waals surface area contributed by atoms with E-state index < -0.39 is 0 Å². The maximum atomic E-state index is 12.9. The first-order chi connectivity index (χ1) is 15.6. The second kappa shape index (κ2) is 8.39. The minimum Gasteiger partial charge on any atom is -0.463 e. The van der Waals surface area contributed by atoms with Crippen molar-refractivity contribution < 1.29 is 9.21 Å². The van der Waals surface area contributed by atoms with Gasteiger partial charge in [-0.1, -0.05) is 24.3 Å². The topological polar surface area (TPSA) is 89.1 Å². The molecule has 1 aliphatic rings. The van der Waals surface area contributed by atoms with E-state index in [-0.39, 0.29) is 5.91 Å². The fourth-order valence-electron chi connectivity index (χ4n) is 3.96. The molecule has 0 unspecified atom stereocenters. The minimum atomic E-state index is -0.215. The van der Waals surface area contributed by atoms with Crippen LogP contribution in [0.2, 0.25) is 0 Å². The Bertz CT molecular complexity index is 1260. The maximum Gasteiger partial charge on any atom is 0.255 e. The van der Waals surface area contributed by atoms with Gasteiger partial charge in [-0.25, -0.2) is 9.97 Å². The van der Waals surface area contributed by atoms with Gasteiger partial charge in [0.1, 0.15) is 5.69 Å². The van der Waals surface area contributed by atoms with Crippen LogP contribution in [-0.4, -0.2) is 57.7 Å². The summed E-state index contributed by atoms with van der Waals surface area (Å²) in [7, 11) is 3.92. The van der Waals surface area contributed by atoms with E-state index in [4.69, 9.17) is 9.40 Å². The van der Waals surface area contributed by atoms with E-state index in [0.717, 1.165) is 36.2 Å². The van der Waals surface area contributed by atoms with Crippen molar-refractivity contribution in [3.8, 4) is 28.7 Å². The van der Waals surface area contributed by atoms with Crippen molar-refractivity contribution in [2.45, 2.75) is 12.8 Å². The van der Waals surface area contributed by atoms with Crippen molar-refractivity contribution in [3.63, 3.8) is 0 Å². The van der Waals surface area contributed by atoms with Crippen LogP contribution in [0.15, 0.2) is 59.5 Å². The zero-order chi connectivity index (χ0) is 22.1. The Labute approximate surface area is 185 Å². The Morgan fingerprint density at radius 1 is 1.12 bits per heavy atom. The van der Waals surface area contributed by atoms with Gasteiger partial charge in [0.25, 0.3) is 11.9 Å². The fraction of sp³-hybridized carbons (Fsp3) is 0.250. The van der Waals surface area contributed by atoms with Gasteiger partial charge >= 0.3 is 0 Å². The molecule has 0 fully saturated rings. The van der Waals surface area contributed by atoms with Crippen LogP contribution in [0.3, 0.4) is 0 Å². The molecule has 0 atom stereocenters. The molecule has 32 heavy (non-hydrogen) atoms. The van der Waals surface area contributed by atoms with Crippen LogP contribution in [0.1, 0.15) is 21.5 Å². The first-order valence-corrected chi connectivity index (χ1v) is 10.6. The van der Waals surface area contributed by atoms with Gasteiger partial charge in [0, 0.05) is 24.8 Å². The number of aryl methyl sites for hydroxylation is 2. The van der Waals surface area contributed by atoms with Crippen LogP contribution in [-0.2, 0) is 12.8 Å². The number of hydrogen-bond acceptors (Lipinski definition) is 6. The summed E-state index contributed by atoms with van der Waals surface area (Å²) in [6, 6.07) is 11.9. The smallest absolute Gasteiger partial charge is 0.255 e. The summed E-state index contributed by atoms with van der Waals surface area (Å²) in [5, 5.41) is 7.42. The largest absolute Gasteiger partial charge is 0.463 e. The Balaban J connectivity index is 1.57. The van der Waals surface area contributed by atoms with Gasteiger partial charge in [0.15, 0.2) is 5.76 Å². The van der Waals surface area contributed by atoms with Crippen LogP contribution in [0.25, 0.3) is 28.7 Å². The molecule has 8 nitrogen and oxygen atoms in total. The first kappa shape index (κ1) is 20.1. The van der Waals surface area contributed by atoms with Crippen molar-refractivity contribution in [1.82, 2.24) is 30.0 Å². The van der Waals surface area contributed by atoms with E-state index in [2.05, 4.69) is 33.6 Å². The highest BCUT2D eigenvalue weighted by molar-refractivity contribution is 5.99. The third-order valence-electron chi connectivity index (χ3n) is 5.59. The van der Waals surface area contributed by atoms with Crippen LogP contribution >= 0.6 is 0 Å². The van der Waals surface area contributed by atoms with Crippen LogP contribution in [0.4, 0.5) is 0 Å². The highest BCUT2D eigenvalue weighted by atomic mass is 16.3. The van der Waals surface area contributed by atoms with Crippen molar-refractivity contribution in [3.05, 3.63) is 71.7 Å². The third-order valence-corrected chi connectivity index (χ3v) is 5.59. The summed E-state index contributed by atoms with van der Waals surface area (Å²) in [6.45, 7) is 1.27. The third kappa shape index (κ3) is 3.69. The number of amides is 1. The zero-order valence-electron chi connectivity index (χ0n) is 18.1. The lowest BCUT2D eigenvalue weighted by molar-refractivity contribution is 0.0951. The first-order valence-electron chi connectivity index (χ1n) is 10.6. The molecule has 1 amide bonds. The molecule has 5 rings (SSSR count). The molecule has 4 aromatic rings. The van der Waals surface area contributed by atoms with Gasteiger partial charge in [-0.05, 0) is 50.2 Å². The molecule has 0 radical (unpaired) electrons. The number of aromatic nitrogens is 4. The number of nitrogens with zero attached hydrogens (tertiary/aromatic N) is 5. The minimum absolute atomic E-state index is 0.215. The van der Waals surface area contributed by atoms with Crippen LogP contribution in [0.5, 0.6) is 0 Å². The number of benzene rings is 1. The SMILES string of the molecule is CN(C)CCNC(=O)c1cnn(-c2ncc3c(n2)-c2ccccc2CC3)c1-c1ccco1. The van der Waals surface area contributed by atoms with Gasteiger partial charge in [-0.15, -0.1) is 0 Å². The number of furan rings is 1. The average Bonchev–Trinajstić information content (AvgIpc) is 3.48. The maximum absolute atomic E-state index is 12.9. The summed E-state index contributed by atoms with van der Waals surface area (Å²) >= 11 is 0. The van der Waals surface area contributed by atoms with Gasteiger partial charge in [0.05, 0.1) is 23.7 Å². The monoisotopic (exact) mass is 428 g/mol. The number of likely N-dealkylation sites (N-methyl/N-ethyl adjacent to an activating group) is 1. The highest BCUT2D eigenvalue weighted by Gasteiger charge is 2.25. The summed E-state index contributed by atoms with van der Waals surface area (Å²) in [4.78, 5) is 24.4. The van der Waals surface area contributed by atoms with Crippen molar-refractivity contribution in [1.29, 1.82) is 0 Å². The lowest BCUT2D eigenvalue weighted by Crippen LogP contribution is -2.31. The molecule has 1 N–H and O–H groups in total. The zero-order valence-corrected chi connectivity index (χ0v) is 18.1. The van der Waals surface area contributed by atoms with Gasteiger partial charge < -0.3 is 14.6 Å². The highest BCUT2D eigenvalue weighted by Crippen LogP contribution is 2.33. The molecule has 1 aliphatic carbocycles. The molecule has 162 valence electrons. The lowest BCUT2D eigenvalue weighted by Gasteiger charge is -2.19. The normalized spacial score (nSPS) is 12.5. The Kier molecular flexibility index (Phi) is 5.28. The van der Waals surface area contributed by atoms with E-state index in [1.807, 2.05) is 31.3 Å². The quantitative estimate of drug-likeness (QED) is 0.508. The van der Waals surface area contributed by atoms with E-state index in [1.165, 1.54) is 5.56 Å². The van der Waals surface area contributed by atoms with E-state index >= 15 is 0 Å². The molecule has 0 aliphatic heterocycles. The van der Waals surface area contributed by atoms with Gasteiger partial charge in [-0.2, -0.15) is 9.78 Å². The molecule has 1 aromatic carbocycles. The molecule has 3 heterocycles. The Morgan fingerprint density at radius 3 is 2.78 bits per heavy atom. The summed E-state index contributed by atoms with van der Waals surface area (Å²) in [5.41, 5.74) is 5.36. The summed E-state index contributed by atoms with van der Waals surface area (Å²) in [5.74, 6) is 0.717. The molecule has 0 saturated carbocycles. The fourth-order valence-corrected chi connectivity index (χ4v) is 3.96. The number of fused-ring (bicyclic) bond motifs is 3. The number of nitrogens with one attached hydrogen (secondary N) is 1. The molecular formula is C24H24N6O2. The predicted molar refractivity (Wildman–Crippen MR) is 121 cm³/mol. The molecular weight excluding hydrogens is 404 g/mol. The van der Waals surface area contributed by atoms with Crippen LogP contribution < -0.4 is 5.32 Å². The van der Waals surface area contributed by atoms with Gasteiger partial charge in [0.2, 0.25) is 0 Å². The second-order valence-electron chi connectivity index (χ2n) is 8.06. The molecule has 0 saturated heterocycles. The van der Waals surface area contributed by atoms with Crippen LogP contribution in [0, 0.1) is 0 Å². The van der Waals surface area contributed by atoms with Crippen molar-refractivity contribution >= 4 is 5.91 Å². The van der Waals surface area contributed by atoms with E-state index in [1.54, 1.807) is 29.3 Å². The number of carbonyl (C=O) groups excluding carboxylic acids is 1. The Hall–Kier alpha value is -3.78. The van der Waals surface area contributed by atoms with E-state index in [9.17, 15) is 4.79 Å². The number of carbonyl (C=O) groups is 1.